The van der Waals surface area contributed by atoms with E-state index >= 15 is 0 Å². The molecule has 0 N–H and O–H groups in total. The Balaban J connectivity index is -0.0000000135. The van der Waals surface area contributed by atoms with Crippen LogP contribution < -0.4 is 30.6 Å². The van der Waals surface area contributed by atoms with Crippen molar-refractivity contribution in [2.75, 3.05) is 0 Å². The van der Waals surface area contributed by atoms with E-state index in [0.29, 0.717) is 0 Å². The quantitative estimate of drug-likeness (QED) is 0.390. The Bertz CT molecular complexity index is 126. The molecule has 0 atom stereocenters. The standard InChI is InChI=1S/3CH2O3.2Al.ClH.Na.H/c3*2-1(3)4;;;;;/h3*(H2,2,3,4);;;1H;;/q;;;2*+3;;;/p-6. The monoisotopic (exact) mass is 294 g/mol. The third kappa shape index (κ3) is 90200. The first-order valence-corrected chi connectivity index (χ1v) is 1.84. The summed E-state index contributed by atoms with van der Waals surface area (Å²) in [4.78, 5) is 25.0. The van der Waals surface area contributed by atoms with Crippen molar-refractivity contribution < 1.29 is 45.0 Å². The first kappa shape index (κ1) is 44.3. The first-order valence-electron chi connectivity index (χ1n) is 1.84. The van der Waals surface area contributed by atoms with Gasteiger partial charge in [-0.15, -0.1) is 12.4 Å². The van der Waals surface area contributed by atoms with Crippen molar-refractivity contribution >= 4 is 95.2 Å². The molecule has 16 heavy (non-hydrogen) atoms. The molecule has 0 unspecified atom stereocenters. The summed E-state index contributed by atoms with van der Waals surface area (Å²) in [6.45, 7) is 0. The summed E-state index contributed by atoms with van der Waals surface area (Å²) in [5, 5.41) is 50.0. The molecule has 0 radical (unpaired) electrons. The molecule has 0 bridgehead atoms. The van der Waals surface area contributed by atoms with Crippen LogP contribution in [-0.2, 0) is 0 Å². The molecule has 0 aromatic carbocycles. The molecule has 0 aromatic heterocycles. The molecule has 0 aromatic rings. The number of carbonyl (C=O) groups excluding carboxylic acids is 3. The minimum atomic E-state index is -2.33. The van der Waals surface area contributed by atoms with E-state index in [4.69, 9.17) is 45.0 Å². The van der Waals surface area contributed by atoms with Crippen LogP contribution in [0.3, 0.4) is 0 Å². The van der Waals surface area contributed by atoms with Crippen molar-refractivity contribution in [1.29, 1.82) is 0 Å². The van der Waals surface area contributed by atoms with Gasteiger partial charge in [0.2, 0.25) is 0 Å². The SMILES string of the molecule is Cl.O=C([O-])[O-].O=C([O-])[O-].O=C([O-])[O-].[Al+3].[Al+3].[NaH]. The molecule has 0 saturated carbocycles. The second-order valence-electron chi connectivity index (χ2n) is 0.750. The predicted octanol–water partition coefficient (Wildman–Crippen LogP) is -8.33. The van der Waals surface area contributed by atoms with Crippen LogP contribution in [0.15, 0.2) is 0 Å². The van der Waals surface area contributed by atoms with Crippen LogP contribution in [0.5, 0.6) is 0 Å². The predicted molar refractivity (Wildman–Crippen MR) is 42.1 cm³/mol. The van der Waals surface area contributed by atoms with E-state index in [-0.39, 0.29) is 76.7 Å². The zero-order valence-corrected chi connectivity index (χ0v) is 9.86. The summed E-state index contributed by atoms with van der Waals surface area (Å²) >= 11 is 0. The third-order valence-corrected chi connectivity index (χ3v) is 0. The molecule has 82 valence electrons. The van der Waals surface area contributed by atoms with Crippen molar-refractivity contribution in [3.63, 3.8) is 0 Å². The van der Waals surface area contributed by atoms with Crippen LogP contribution in [-0.4, -0.2) is 82.7 Å². The normalized spacial score (nSPS) is 4.50. The number of halogens is 1. The van der Waals surface area contributed by atoms with Crippen LogP contribution in [0.4, 0.5) is 14.4 Å². The van der Waals surface area contributed by atoms with E-state index in [2.05, 4.69) is 0 Å². The zero-order chi connectivity index (χ0) is 10.7. The number of hydrogen-bond acceptors (Lipinski definition) is 9. The van der Waals surface area contributed by atoms with Gasteiger partial charge in [0, 0.05) is 0 Å². The van der Waals surface area contributed by atoms with Crippen LogP contribution in [0, 0.1) is 0 Å². The Morgan fingerprint density at radius 1 is 0.562 bits per heavy atom. The van der Waals surface area contributed by atoms with Gasteiger partial charge in [0.1, 0.15) is 0 Å². The molecule has 0 aliphatic rings. The third-order valence-electron chi connectivity index (χ3n) is 0. The van der Waals surface area contributed by atoms with Crippen molar-refractivity contribution in [2.45, 2.75) is 0 Å². The molecule has 0 spiro atoms. The Kier molecular flexibility index (Phi) is 100. The fourth-order valence-electron chi connectivity index (χ4n) is 0. The van der Waals surface area contributed by atoms with Crippen LogP contribution in [0.25, 0.3) is 0 Å². The van der Waals surface area contributed by atoms with Gasteiger partial charge >= 0.3 is 64.3 Å². The molecular weight excluding hydrogens is 292 g/mol. The van der Waals surface area contributed by atoms with E-state index in [9.17, 15) is 0 Å². The molecule has 0 heterocycles. The van der Waals surface area contributed by atoms with Gasteiger partial charge in [-0.05, 0) is 18.5 Å². The number of rotatable bonds is 0. The van der Waals surface area contributed by atoms with E-state index in [1.807, 2.05) is 0 Å². The Morgan fingerprint density at radius 3 is 0.562 bits per heavy atom. The molecule has 13 heteroatoms. The van der Waals surface area contributed by atoms with Gasteiger partial charge in [0.15, 0.2) is 0 Å². The molecule has 0 rings (SSSR count). The zero-order valence-electron chi connectivity index (χ0n) is 6.74. The molecule has 0 aliphatic carbocycles. The van der Waals surface area contributed by atoms with Gasteiger partial charge in [-0.3, -0.25) is 0 Å². The van der Waals surface area contributed by atoms with Crippen LogP contribution in [0.1, 0.15) is 0 Å². The summed E-state index contributed by atoms with van der Waals surface area (Å²) in [5.41, 5.74) is 0. The second-order valence-corrected chi connectivity index (χ2v) is 0.750. The van der Waals surface area contributed by atoms with Gasteiger partial charge in [-0.25, -0.2) is 0 Å². The van der Waals surface area contributed by atoms with E-state index < -0.39 is 18.5 Å². The van der Waals surface area contributed by atoms with E-state index in [1.165, 1.54) is 0 Å². The Morgan fingerprint density at radius 2 is 0.562 bits per heavy atom. The maximum absolute atomic E-state index is 8.33. The fourth-order valence-corrected chi connectivity index (χ4v) is 0. The van der Waals surface area contributed by atoms with Crippen molar-refractivity contribution in [2.24, 2.45) is 0 Å². The van der Waals surface area contributed by atoms with Gasteiger partial charge in [0.05, 0.1) is 0 Å². The summed E-state index contributed by atoms with van der Waals surface area (Å²) in [7, 11) is 0. The average Bonchev–Trinajstić information content (AvgIpc) is 1.54. The summed E-state index contributed by atoms with van der Waals surface area (Å²) in [5.74, 6) is 0. The van der Waals surface area contributed by atoms with Crippen molar-refractivity contribution in [3.05, 3.63) is 0 Å². The maximum atomic E-state index is 8.33. The van der Waals surface area contributed by atoms with Crippen LogP contribution >= 0.6 is 12.4 Å². The van der Waals surface area contributed by atoms with E-state index in [0.717, 1.165) is 0 Å². The summed E-state index contributed by atoms with van der Waals surface area (Å²) < 4.78 is 0. The molecule has 0 fully saturated rings. The van der Waals surface area contributed by atoms with Crippen molar-refractivity contribution in [3.8, 4) is 0 Å². The van der Waals surface area contributed by atoms with Crippen LogP contribution in [0.2, 0.25) is 0 Å². The number of hydrogen-bond donors (Lipinski definition) is 0. The molecule has 9 nitrogen and oxygen atoms in total. The van der Waals surface area contributed by atoms with Gasteiger partial charge in [-0.1, -0.05) is 0 Å². The summed E-state index contributed by atoms with van der Waals surface area (Å²) in [6, 6.07) is 0. The minimum absolute atomic E-state index is 0. The molecular formula is C3H2Al2ClNaO9. The summed E-state index contributed by atoms with van der Waals surface area (Å²) in [6.07, 6.45) is -7.00. The van der Waals surface area contributed by atoms with E-state index in [1.54, 1.807) is 0 Å². The van der Waals surface area contributed by atoms with Gasteiger partial charge in [0.25, 0.3) is 0 Å². The topological polar surface area (TPSA) is 190 Å². The fraction of sp³-hybridized carbons (Fsp3) is 0. The molecule has 0 amide bonds. The average molecular weight is 294 g/mol. The van der Waals surface area contributed by atoms with Gasteiger partial charge < -0.3 is 45.0 Å². The molecule has 0 aliphatic heterocycles. The Labute approximate surface area is 139 Å². The second kappa shape index (κ2) is 36.2. The first-order chi connectivity index (χ1) is 5.20. The number of carboxylic acid groups (broad SMARTS) is 6. The number of carbonyl (C=O) groups is 3. The van der Waals surface area contributed by atoms with Gasteiger partial charge in [-0.2, -0.15) is 0 Å². The Hall–Kier alpha value is 0.165. The van der Waals surface area contributed by atoms with Crippen molar-refractivity contribution in [1.82, 2.24) is 0 Å². The molecule has 0 saturated heterocycles.